The third-order valence-electron chi connectivity index (χ3n) is 3.94. The van der Waals surface area contributed by atoms with Crippen molar-refractivity contribution in [2.45, 2.75) is 69.7 Å². The minimum atomic E-state index is 0.287. The number of hydrogen-bond acceptors (Lipinski definition) is 3. The Bertz CT molecular complexity index is 392. The second-order valence-corrected chi connectivity index (χ2v) is 8.81. The van der Waals surface area contributed by atoms with Crippen LogP contribution >= 0.6 is 23.1 Å². The van der Waals surface area contributed by atoms with Gasteiger partial charge in [-0.3, -0.25) is 0 Å². The number of thioether (sulfide) groups is 1. The van der Waals surface area contributed by atoms with Crippen molar-refractivity contribution in [2.75, 3.05) is 6.26 Å². The van der Waals surface area contributed by atoms with Crippen LogP contribution in [0.25, 0.3) is 0 Å². The van der Waals surface area contributed by atoms with Gasteiger partial charge in [-0.25, -0.2) is 0 Å². The van der Waals surface area contributed by atoms with Crippen molar-refractivity contribution < 1.29 is 0 Å². The summed E-state index contributed by atoms with van der Waals surface area (Å²) in [4.78, 5) is 2.98. The zero-order valence-corrected chi connectivity index (χ0v) is 14.3. The highest BCUT2D eigenvalue weighted by Gasteiger charge is 2.24. The maximum absolute atomic E-state index is 3.79. The first-order chi connectivity index (χ1) is 9.00. The van der Waals surface area contributed by atoms with E-state index in [4.69, 9.17) is 0 Å². The summed E-state index contributed by atoms with van der Waals surface area (Å²) in [6.07, 6.45) is 7.80. The van der Waals surface area contributed by atoms with E-state index < -0.39 is 0 Å². The average molecular weight is 298 g/mol. The maximum Gasteiger partial charge on any atom is 0.0302 e. The van der Waals surface area contributed by atoms with Crippen LogP contribution in [0, 0.1) is 0 Å². The van der Waals surface area contributed by atoms with Gasteiger partial charge in [-0.15, -0.1) is 11.3 Å². The molecule has 2 rings (SSSR count). The monoisotopic (exact) mass is 297 g/mol. The number of rotatable bonds is 4. The summed E-state index contributed by atoms with van der Waals surface area (Å²) in [5.74, 6) is 0. The van der Waals surface area contributed by atoms with Gasteiger partial charge in [0.05, 0.1) is 0 Å². The van der Waals surface area contributed by atoms with Crippen LogP contribution in [0.3, 0.4) is 0 Å². The van der Waals surface area contributed by atoms with Crippen LogP contribution in [0.4, 0.5) is 0 Å². The van der Waals surface area contributed by atoms with E-state index in [2.05, 4.69) is 44.5 Å². The van der Waals surface area contributed by atoms with Crippen molar-refractivity contribution in [3.8, 4) is 0 Å². The molecule has 1 heterocycles. The number of nitrogens with one attached hydrogen (secondary N) is 1. The summed E-state index contributed by atoms with van der Waals surface area (Å²) in [5.41, 5.74) is 0.287. The zero-order valence-electron chi connectivity index (χ0n) is 12.7. The van der Waals surface area contributed by atoms with E-state index in [-0.39, 0.29) is 5.41 Å². The number of thiophene rings is 1. The SMILES string of the molecule is CSC1CCCCC1NCc1ccc(C(C)(C)C)s1. The molecule has 1 aromatic rings. The smallest absolute Gasteiger partial charge is 0.0302 e. The molecule has 0 amide bonds. The van der Waals surface area contributed by atoms with Gasteiger partial charge in [0.2, 0.25) is 0 Å². The fourth-order valence-corrected chi connectivity index (χ4v) is 4.70. The molecule has 1 aliphatic carbocycles. The molecule has 19 heavy (non-hydrogen) atoms. The van der Waals surface area contributed by atoms with Gasteiger partial charge in [-0.2, -0.15) is 11.8 Å². The molecule has 3 heteroatoms. The van der Waals surface area contributed by atoms with Gasteiger partial charge in [0, 0.05) is 27.6 Å². The predicted molar refractivity (Wildman–Crippen MR) is 89.4 cm³/mol. The van der Waals surface area contributed by atoms with Gasteiger partial charge < -0.3 is 5.32 Å². The van der Waals surface area contributed by atoms with Crippen molar-refractivity contribution >= 4 is 23.1 Å². The topological polar surface area (TPSA) is 12.0 Å². The predicted octanol–water partition coefficient (Wildman–Crippen LogP) is 4.81. The van der Waals surface area contributed by atoms with Crippen molar-refractivity contribution in [2.24, 2.45) is 0 Å². The largest absolute Gasteiger partial charge is 0.308 e. The lowest BCUT2D eigenvalue weighted by atomic mass is 9.94. The van der Waals surface area contributed by atoms with Crippen molar-refractivity contribution in [3.05, 3.63) is 21.9 Å². The lowest BCUT2D eigenvalue weighted by Crippen LogP contribution is -2.39. The molecule has 2 atom stereocenters. The molecule has 1 saturated carbocycles. The van der Waals surface area contributed by atoms with Crippen molar-refractivity contribution in [1.29, 1.82) is 0 Å². The van der Waals surface area contributed by atoms with E-state index in [0.29, 0.717) is 6.04 Å². The summed E-state index contributed by atoms with van der Waals surface area (Å²) < 4.78 is 0. The van der Waals surface area contributed by atoms with Gasteiger partial charge >= 0.3 is 0 Å². The molecule has 1 aliphatic rings. The van der Waals surface area contributed by atoms with Crippen LogP contribution in [0.1, 0.15) is 56.2 Å². The zero-order chi connectivity index (χ0) is 13.9. The Labute approximate surface area is 126 Å². The van der Waals surface area contributed by atoms with Gasteiger partial charge in [0.1, 0.15) is 0 Å². The maximum atomic E-state index is 3.79. The molecule has 0 aromatic carbocycles. The molecule has 1 nitrogen and oxygen atoms in total. The molecular formula is C16H27NS2. The highest BCUT2D eigenvalue weighted by Crippen LogP contribution is 2.30. The standard InChI is InChI=1S/C16H27NS2/c1-16(2,3)15-10-9-12(19-15)11-17-13-7-5-6-8-14(13)18-4/h9-10,13-14,17H,5-8,11H2,1-4H3. The third-order valence-corrected chi connectivity index (χ3v) is 6.63. The van der Waals surface area contributed by atoms with E-state index in [1.807, 2.05) is 23.1 Å². The second-order valence-electron chi connectivity index (χ2n) is 6.56. The lowest BCUT2D eigenvalue weighted by molar-refractivity contribution is 0.384. The Hall–Kier alpha value is 0.01000. The molecule has 0 aliphatic heterocycles. The summed E-state index contributed by atoms with van der Waals surface area (Å²) in [6, 6.07) is 5.31. The first-order valence-corrected chi connectivity index (χ1v) is 9.46. The van der Waals surface area contributed by atoms with E-state index in [9.17, 15) is 0 Å². The van der Waals surface area contributed by atoms with Gasteiger partial charge in [0.25, 0.3) is 0 Å². The minimum Gasteiger partial charge on any atom is -0.308 e. The van der Waals surface area contributed by atoms with E-state index >= 15 is 0 Å². The molecule has 2 unspecified atom stereocenters. The van der Waals surface area contributed by atoms with Crippen molar-refractivity contribution in [1.82, 2.24) is 5.32 Å². The van der Waals surface area contributed by atoms with Gasteiger partial charge in [-0.05, 0) is 36.6 Å². The Balaban J connectivity index is 1.89. The third kappa shape index (κ3) is 4.24. The van der Waals surface area contributed by atoms with E-state index in [1.54, 1.807) is 0 Å². The summed E-state index contributed by atoms with van der Waals surface area (Å²) in [7, 11) is 0. The van der Waals surface area contributed by atoms with Crippen LogP contribution in [-0.2, 0) is 12.0 Å². The molecule has 0 spiro atoms. The molecule has 0 saturated heterocycles. The quantitative estimate of drug-likeness (QED) is 0.856. The molecular weight excluding hydrogens is 270 g/mol. The summed E-state index contributed by atoms with van der Waals surface area (Å²) in [6.45, 7) is 7.92. The van der Waals surface area contributed by atoms with Crippen LogP contribution < -0.4 is 5.32 Å². The Morgan fingerprint density at radius 3 is 2.63 bits per heavy atom. The van der Waals surface area contributed by atoms with Crippen LogP contribution in [0.5, 0.6) is 0 Å². The molecule has 1 fully saturated rings. The molecule has 1 N–H and O–H groups in total. The Morgan fingerprint density at radius 2 is 2.00 bits per heavy atom. The molecule has 0 bridgehead atoms. The first kappa shape index (κ1) is 15.4. The highest BCUT2D eigenvalue weighted by atomic mass is 32.2. The molecule has 1 aromatic heterocycles. The number of hydrogen-bond donors (Lipinski definition) is 1. The first-order valence-electron chi connectivity index (χ1n) is 7.36. The van der Waals surface area contributed by atoms with Crippen LogP contribution in [0.15, 0.2) is 12.1 Å². The van der Waals surface area contributed by atoms with Crippen molar-refractivity contribution in [3.63, 3.8) is 0 Å². The molecule has 108 valence electrons. The second kappa shape index (κ2) is 6.64. The normalized spacial score (nSPS) is 24.6. The highest BCUT2D eigenvalue weighted by molar-refractivity contribution is 7.99. The molecule has 0 radical (unpaired) electrons. The summed E-state index contributed by atoms with van der Waals surface area (Å²) in [5, 5.41) is 4.61. The lowest BCUT2D eigenvalue weighted by Gasteiger charge is -2.31. The summed E-state index contributed by atoms with van der Waals surface area (Å²) >= 11 is 4.01. The minimum absolute atomic E-state index is 0.287. The van der Waals surface area contributed by atoms with Gasteiger partial charge in [0.15, 0.2) is 0 Å². The van der Waals surface area contributed by atoms with E-state index in [0.717, 1.165) is 11.8 Å². The van der Waals surface area contributed by atoms with Gasteiger partial charge in [-0.1, -0.05) is 33.6 Å². The van der Waals surface area contributed by atoms with Crippen LogP contribution in [-0.4, -0.2) is 17.5 Å². The Morgan fingerprint density at radius 1 is 1.26 bits per heavy atom. The Kier molecular flexibility index (Phi) is 5.38. The van der Waals surface area contributed by atoms with E-state index in [1.165, 1.54) is 35.4 Å². The van der Waals surface area contributed by atoms with Crippen LogP contribution in [0.2, 0.25) is 0 Å². The fraction of sp³-hybridized carbons (Fsp3) is 0.750. The fourth-order valence-electron chi connectivity index (χ4n) is 2.72. The average Bonchev–Trinajstić information content (AvgIpc) is 2.85.